The maximum atomic E-state index is 6.13. The Kier molecular flexibility index (Phi) is 8.57. The number of piperidine rings is 1. The fourth-order valence-electron chi connectivity index (χ4n) is 4.57. The van der Waals surface area contributed by atoms with E-state index in [0.717, 1.165) is 62.0 Å². The van der Waals surface area contributed by atoms with Crippen LogP contribution in [0.4, 0.5) is 5.95 Å². The fraction of sp³-hybridized carbons (Fsp3) is 0.458. The van der Waals surface area contributed by atoms with Crippen molar-refractivity contribution in [2.24, 2.45) is 13.0 Å². The van der Waals surface area contributed by atoms with Crippen LogP contribution in [-0.2, 0) is 7.05 Å². The normalized spacial score (nSPS) is 17.9. The molecule has 2 aromatic carbocycles. The van der Waals surface area contributed by atoms with Crippen LogP contribution in [0.25, 0.3) is 11.0 Å². The Bertz CT molecular complexity index is 1040. The summed E-state index contributed by atoms with van der Waals surface area (Å²) < 4.78 is 19.6. The second-order valence-corrected chi connectivity index (χ2v) is 8.39. The van der Waals surface area contributed by atoms with Gasteiger partial charge in [-0.05, 0) is 49.6 Å². The number of imidazole rings is 1. The molecule has 0 saturated carbocycles. The summed E-state index contributed by atoms with van der Waals surface area (Å²) in [5.41, 5.74) is 2.26. The molecule has 180 valence electrons. The number of aromatic nitrogens is 2. The van der Waals surface area contributed by atoms with Crippen molar-refractivity contribution >= 4 is 41.8 Å². The van der Waals surface area contributed by atoms with Crippen molar-refractivity contribution in [3.8, 4) is 17.2 Å². The molecule has 1 aromatic heterocycles. The van der Waals surface area contributed by atoms with Crippen molar-refractivity contribution in [2.75, 3.05) is 44.8 Å². The number of aryl methyl sites for hydroxylation is 1. The molecular formula is C24H32Cl2N4O3. The van der Waals surface area contributed by atoms with Crippen molar-refractivity contribution in [1.82, 2.24) is 14.9 Å². The number of fused-ring (bicyclic) bond motifs is 2. The van der Waals surface area contributed by atoms with Gasteiger partial charge in [-0.25, -0.2) is 4.98 Å². The summed E-state index contributed by atoms with van der Waals surface area (Å²) in [6, 6.07) is 14.1. The summed E-state index contributed by atoms with van der Waals surface area (Å²) in [7, 11) is 3.76. The molecule has 2 aliphatic rings. The zero-order chi connectivity index (χ0) is 21.2. The van der Waals surface area contributed by atoms with Crippen LogP contribution < -0.4 is 24.4 Å². The Morgan fingerprint density at radius 3 is 2.61 bits per heavy atom. The topological polar surface area (TPSA) is 60.8 Å². The molecule has 5 rings (SSSR count). The first-order chi connectivity index (χ1) is 15.2. The molecule has 1 saturated heterocycles. The predicted octanol–water partition coefficient (Wildman–Crippen LogP) is 4.07. The van der Waals surface area contributed by atoms with E-state index in [0.29, 0.717) is 18.3 Å². The number of nitrogens with zero attached hydrogens (tertiary/aromatic N) is 3. The van der Waals surface area contributed by atoms with Crippen molar-refractivity contribution in [3.05, 3.63) is 42.5 Å². The summed E-state index contributed by atoms with van der Waals surface area (Å²) in [6.45, 7) is 4.39. The predicted molar refractivity (Wildman–Crippen MR) is 136 cm³/mol. The largest absolute Gasteiger partial charge is 0.493 e. The van der Waals surface area contributed by atoms with E-state index in [-0.39, 0.29) is 30.9 Å². The Labute approximate surface area is 207 Å². The van der Waals surface area contributed by atoms with Crippen LogP contribution in [0.2, 0.25) is 0 Å². The third-order valence-electron chi connectivity index (χ3n) is 6.34. The molecule has 2 aliphatic heterocycles. The Hall–Kier alpha value is -2.35. The highest BCUT2D eigenvalue weighted by Crippen LogP contribution is 2.39. The van der Waals surface area contributed by atoms with E-state index in [9.17, 15) is 0 Å². The maximum absolute atomic E-state index is 6.13. The van der Waals surface area contributed by atoms with E-state index in [1.54, 1.807) is 7.11 Å². The Balaban J connectivity index is 0.00000153. The molecule has 1 unspecified atom stereocenters. The third-order valence-corrected chi connectivity index (χ3v) is 6.34. The van der Waals surface area contributed by atoms with Crippen LogP contribution in [0, 0.1) is 5.92 Å². The second kappa shape index (κ2) is 11.2. The monoisotopic (exact) mass is 494 g/mol. The molecular weight excluding hydrogens is 463 g/mol. The van der Waals surface area contributed by atoms with Gasteiger partial charge in [-0.1, -0.05) is 18.2 Å². The first kappa shape index (κ1) is 25.3. The molecule has 0 aliphatic carbocycles. The number of halogens is 2. The van der Waals surface area contributed by atoms with Gasteiger partial charge in [0.05, 0.1) is 18.1 Å². The minimum Gasteiger partial charge on any atom is -0.493 e. The van der Waals surface area contributed by atoms with Gasteiger partial charge in [-0.2, -0.15) is 0 Å². The summed E-state index contributed by atoms with van der Waals surface area (Å²) in [4.78, 5) is 7.26. The molecule has 1 N–H and O–H groups in total. The summed E-state index contributed by atoms with van der Waals surface area (Å²) in [5.74, 6) is 3.92. The number of benzene rings is 2. The van der Waals surface area contributed by atoms with Gasteiger partial charge in [0.2, 0.25) is 11.7 Å². The highest BCUT2D eigenvalue weighted by molar-refractivity contribution is 5.85. The minimum atomic E-state index is -0.0103. The van der Waals surface area contributed by atoms with Gasteiger partial charge < -0.3 is 29.0 Å². The summed E-state index contributed by atoms with van der Waals surface area (Å²) in [5, 5.41) is 3.60. The third kappa shape index (κ3) is 5.26. The Morgan fingerprint density at radius 1 is 1.06 bits per heavy atom. The molecule has 3 heterocycles. The zero-order valence-corrected chi connectivity index (χ0v) is 20.7. The lowest BCUT2D eigenvalue weighted by Crippen LogP contribution is -2.42. The van der Waals surface area contributed by atoms with Crippen LogP contribution in [0.15, 0.2) is 42.5 Å². The van der Waals surface area contributed by atoms with E-state index in [2.05, 4.69) is 40.0 Å². The molecule has 33 heavy (non-hydrogen) atoms. The number of para-hydroxylation sites is 3. The van der Waals surface area contributed by atoms with Crippen molar-refractivity contribution in [2.45, 2.75) is 18.9 Å². The van der Waals surface area contributed by atoms with Crippen LogP contribution in [0.3, 0.4) is 0 Å². The second-order valence-electron chi connectivity index (χ2n) is 8.39. The van der Waals surface area contributed by atoms with Gasteiger partial charge in [-0.3, -0.25) is 0 Å². The molecule has 3 aromatic rings. The lowest BCUT2D eigenvalue weighted by molar-refractivity contribution is 0.0855. The van der Waals surface area contributed by atoms with Crippen LogP contribution >= 0.6 is 24.8 Å². The van der Waals surface area contributed by atoms with Gasteiger partial charge in [-0.15, -0.1) is 24.8 Å². The number of anilines is 1. The number of rotatable bonds is 6. The average Bonchev–Trinajstić information content (AvgIpc) is 3.16. The molecule has 1 fully saturated rings. The molecule has 0 radical (unpaired) electrons. The molecule has 0 bridgehead atoms. The fourth-order valence-corrected chi connectivity index (χ4v) is 4.57. The molecule has 0 amide bonds. The summed E-state index contributed by atoms with van der Waals surface area (Å²) in [6.07, 6.45) is 2.31. The maximum Gasteiger partial charge on any atom is 0.206 e. The first-order valence-electron chi connectivity index (χ1n) is 11.1. The smallest absolute Gasteiger partial charge is 0.206 e. The van der Waals surface area contributed by atoms with Gasteiger partial charge >= 0.3 is 0 Å². The van der Waals surface area contributed by atoms with Crippen molar-refractivity contribution in [3.63, 3.8) is 0 Å². The number of hydrogen-bond donors (Lipinski definition) is 1. The lowest BCUT2D eigenvalue weighted by atomic mass is 9.97. The molecule has 0 spiro atoms. The number of nitrogens with one attached hydrogen (secondary N) is 1. The van der Waals surface area contributed by atoms with Gasteiger partial charge in [0.25, 0.3) is 0 Å². The molecule has 7 nitrogen and oxygen atoms in total. The van der Waals surface area contributed by atoms with Gasteiger partial charge in [0, 0.05) is 26.7 Å². The van der Waals surface area contributed by atoms with E-state index in [1.807, 2.05) is 24.3 Å². The first-order valence-corrected chi connectivity index (χ1v) is 11.1. The van der Waals surface area contributed by atoms with Crippen LogP contribution in [0.5, 0.6) is 17.2 Å². The van der Waals surface area contributed by atoms with Crippen molar-refractivity contribution in [1.29, 1.82) is 0 Å². The summed E-state index contributed by atoms with van der Waals surface area (Å²) >= 11 is 0. The zero-order valence-electron chi connectivity index (χ0n) is 19.0. The lowest BCUT2D eigenvalue weighted by Gasteiger charge is -2.33. The van der Waals surface area contributed by atoms with Gasteiger partial charge in [0.15, 0.2) is 11.5 Å². The SMILES string of the molecule is COc1cccc2c1OC(CNCC1CCN(c3nc4ccccc4n3C)CC1)CO2.Cl.Cl. The quantitative estimate of drug-likeness (QED) is 0.557. The number of ether oxygens (including phenoxy) is 3. The highest BCUT2D eigenvalue weighted by atomic mass is 35.5. The molecule has 9 heteroatoms. The van der Waals surface area contributed by atoms with E-state index in [4.69, 9.17) is 19.2 Å². The van der Waals surface area contributed by atoms with Crippen LogP contribution in [-0.4, -0.2) is 55.6 Å². The Morgan fingerprint density at radius 2 is 1.85 bits per heavy atom. The number of methoxy groups -OCH3 is 1. The van der Waals surface area contributed by atoms with Crippen molar-refractivity contribution < 1.29 is 14.2 Å². The average molecular weight is 495 g/mol. The van der Waals surface area contributed by atoms with Gasteiger partial charge in [0.1, 0.15) is 12.7 Å². The van der Waals surface area contributed by atoms with E-state index in [1.165, 1.54) is 5.52 Å². The van der Waals surface area contributed by atoms with E-state index < -0.39 is 0 Å². The van der Waals surface area contributed by atoms with Crippen LogP contribution in [0.1, 0.15) is 12.8 Å². The number of hydrogen-bond acceptors (Lipinski definition) is 6. The van der Waals surface area contributed by atoms with E-state index >= 15 is 0 Å². The minimum absolute atomic E-state index is 0. The standard InChI is InChI=1S/C24H30N4O3.2ClH/c1-27-20-7-4-3-6-19(20)26-24(27)28-12-10-17(11-13-28)14-25-15-18-16-30-22-9-5-8-21(29-2)23(22)31-18;;/h3-9,17-18,25H,10-16H2,1-2H3;2*1H. The molecule has 1 atom stereocenters. The highest BCUT2D eigenvalue weighted by Gasteiger charge is 2.26.